The number of rotatable bonds is 65. The Morgan fingerprint density at radius 2 is 0.734 bits per heavy atom. The van der Waals surface area contributed by atoms with E-state index in [2.05, 4.69) is 92.1 Å². The molecule has 0 aromatic heterocycles. The highest BCUT2D eigenvalue weighted by molar-refractivity contribution is 5.76. The molecule has 2 rings (SSSR count). The highest BCUT2D eigenvalue weighted by Crippen LogP contribution is 2.30. The Bertz CT molecular complexity index is 1860. The van der Waals surface area contributed by atoms with Gasteiger partial charge in [-0.3, -0.25) is 4.79 Å². The van der Waals surface area contributed by atoms with Crippen molar-refractivity contribution in [3.63, 3.8) is 0 Å². The molecular weight excluding hydrogens is 1180 g/mol. The molecule has 12 atom stereocenters. The Hall–Kier alpha value is -2.57. The number of unbranched alkanes of at least 4 members (excludes halogenated alkanes) is 40. The van der Waals surface area contributed by atoms with Gasteiger partial charge in [0, 0.05) is 6.42 Å². The van der Waals surface area contributed by atoms with Crippen molar-refractivity contribution in [2.45, 2.75) is 408 Å². The van der Waals surface area contributed by atoms with Gasteiger partial charge in [0.05, 0.1) is 32.0 Å². The van der Waals surface area contributed by atoms with Crippen LogP contribution < -0.4 is 5.32 Å². The van der Waals surface area contributed by atoms with Gasteiger partial charge in [-0.15, -0.1) is 0 Å². The fourth-order valence-corrected chi connectivity index (χ4v) is 12.8. The van der Waals surface area contributed by atoms with Crippen LogP contribution in [0, 0.1) is 0 Å². The van der Waals surface area contributed by atoms with Crippen LogP contribution in [0.3, 0.4) is 0 Å². The molecule has 0 spiro atoms. The summed E-state index contributed by atoms with van der Waals surface area (Å²) in [6.07, 6.45) is 70.8. The largest absolute Gasteiger partial charge is 0.394 e. The van der Waals surface area contributed by atoms with Crippen LogP contribution in [0.15, 0.2) is 72.9 Å². The number of ether oxygens (including phenoxy) is 4. The highest BCUT2D eigenvalue weighted by Gasteiger charge is 2.51. The molecule has 94 heavy (non-hydrogen) atoms. The quantitative estimate of drug-likeness (QED) is 0.0204. The molecule has 548 valence electrons. The molecule has 0 saturated carbocycles. The zero-order chi connectivity index (χ0) is 68.0. The van der Waals surface area contributed by atoms with Crippen LogP contribution >= 0.6 is 0 Å². The van der Waals surface area contributed by atoms with Crippen molar-refractivity contribution in [1.82, 2.24) is 5.32 Å². The first-order chi connectivity index (χ1) is 46.1. The third-order valence-corrected chi connectivity index (χ3v) is 18.9. The molecule has 2 saturated heterocycles. The lowest BCUT2D eigenvalue weighted by Crippen LogP contribution is -2.65. The first-order valence-corrected chi connectivity index (χ1v) is 39.2. The van der Waals surface area contributed by atoms with Gasteiger partial charge in [0.25, 0.3) is 0 Å². The van der Waals surface area contributed by atoms with Gasteiger partial charge in [-0.2, -0.15) is 0 Å². The molecular formula is C80H145NO13. The van der Waals surface area contributed by atoms with Gasteiger partial charge in [0.2, 0.25) is 5.91 Å². The smallest absolute Gasteiger partial charge is 0.220 e. The lowest BCUT2D eigenvalue weighted by Gasteiger charge is -2.46. The number of aliphatic hydroxyl groups is 8. The maximum absolute atomic E-state index is 13.4. The normalized spacial score (nSPS) is 22.8. The van der Waals surface area contributed by atoms with Crippen molar-refractivity contribution in [2.75, 3.05) is 19.8 Å². The topological polar surface area (TPSA) is 228 Å². The second-order valence-electron chi connectivity index (χ2n) is 27.5. The van der Waals surface area contributed by atoms with Crippen molar-refractivity contribution in [1.29, 1.82) is 0 Å². The summed E-state index contributed by atoms with van der Waals surface area (Å²) in [6.45, 7) is 2.79. The molecule has 0 aromatic rings. The van der Waals surface area contributed by atoms with Crippen molar-refractivity contribution in [3.05, 3.63) is 72.9 Å². The number of carbonyl (C=O) groups excluding carboxylic acids is 1. The zero-order valence-electron chi connectivity index (χ0n) is 60.0. The standard InChI is InChI=1S/C80H145NO13/c1-3-5-7-9-11-13-15-17-19-21-23-24-25-26-27-28-29-30-31-32-33-34-35-36-37-38-39-40-41-42-43-44-46-48-50-52-54-56-58-60-62-64-72(85)81-68(69(84)63-61-59-57-55-53-51-49-47-45-22-20-18-16-14-12-10-8-6-4-2)67-91-79-77(90)75(88)78(71(66-83)93-79)94-80-76(89)74(87)73(86)70(65-82)92-80/h5,7,11,13,17,19,23-24,26-27,29-30,68-71,73-80,82-84,86-90H,3-4,6,8-10,12,14-16,18,20-22,25,28,31-67H2,1-2H3,(H,81,85)/b7-5-,13-11-,19-17-,24-23-,27-26-,30-29-. The van der Waals surface area contributed by atoms with E-state index in [1.54, 1.807) is 0 Å². The molecule has 2 fully saturated rings. The predicted octanol–water partition coefficient (Wildman–Crippen LogP) is 17.4. The van der Waals surface area contributed by atoms with Crippen molar-refractivity contribution >= 4 is 5.91 Å². The number of hydrogen-bond donors (Lipinski definition) is 9. The maximum atomic E-state index is 13.4. The summed E-state index contributed by atoms with van der Waals surface area (Å²) < 4.78 is 23.0. The average molecular weight is 1330 g/mol. The number of allylic oxidation sites excluding steroid dienone is 12. The molecule has 0 bridgehead atoms. The Morgan fingerprint density at radius 3 is 1.13 bits per heavy atom. The van der Waals surface area contributed by atoms with E-state index in [-0.39, 0.29) is 12.5 Å². The van der Waals surface area contributed by atoms with E-state index in [1.165, 1.54) is 218 Å². The lowest BCUT2D eigenvalue weighted by molar-refractivity contribution is -0.359. The molecule has 9 N–H and O–H groups in total. The first kappa shape index (κ1) is 87.5. The number of hydrogen-bond acceptors (Lipinski definition) is 13. The van der Waals surface area contributed by atoms with Crippen LogP contribution in [0.1, 0.15) is 335 Å². The van der Waals surface area contributed by atoms with E-state index >= 15 is 0 Å². The van der Waals surface area contributed by atoms with Crippen molar-refractivity contribution < 1.29 is 64.6 Å². The minimum Gasteiger partial charge on any atom is -0.394 e. The predicted molar refractivity (Wildman–Crippen MR) is 387 cm³/mol. The highest BCUT2D eigenvalue weighted by atomic mass is 16.7. The van der Waals surface area contributed by atoms with Crippen LogP contribution in [0.5, 0.6) is 0 Å². The van der Waals surface area contributed by atoms with Gasteiger partial charge >= 0.3 is 0 Å². The fourth-order valence-electron chi connectivity index (χ4n) is 12.8. The number of amides is 1. The zero-order valence-corrected chi connectivity index (χ0v) is 60.0. The summed E-state index contributed by atoms with van der Waals surface area (Å²) in [5, 5.41) is 87.7. The summed E-state index contributed by atoms with van der Waals surface area (Å²) in [5.74, 6) is -0.201. The van der Waals surface area contributed by atoms with E-state index in [9.17, 15) is 45.6 Å². The van der Waals surface area contributed by atoms with Gasteiger partial charge in [-0.1, -0.05) is 337 Å². The summed E-state index contributed by atoms with van der Waals surface area (Å²) in [5.41, 5.74) is 0. The fraction of sp³-hybridized carbons (Fsp3) is 0.838. The van der Waals surface area contributed by atoms with Crippen LogP contribution in [0.4, 0.5) is 0 Å². The molecule has 2 aliphatic rings. The van der Waals surface area contributed by atoms with E-state index < -0.39 is 86.8 Å². The number of nitrogens with one attached hydrogen (secondary N) is 1. The molecule has 12 unspecified atom stereocenters. The second-order valence-corrected chi connectivity index (χ2v) is 27.5. The minimum atomic E-state index is -1.78. The van der Waals surface area contributed by atoms with Gasteiger partial charge in [-0.05, 0) is 64.2 Å². The SMILES string of the molecule is CC/C=C\C/C=C\C/C=C\C/C=C\C/C=C\C/C=C\CCCCCCCCCCCCCCCCCCCCCCCCC(=O)NC(COC1OC(CO)C(OC2OC(CO)C(O)C(O)C2O)C(O)C1O)C(O)CCCCCCCCCCCCCCCCCCCCC. The average Bonchev–Trinajstić information content (AvgIpc) is 0.794. The van der Waals surface area contributed by atoms with Gasteiger partial charge in [0.15, 0.2) is 12.6 Å². The van der Waals surface area contributed by atoms with Crippen LogP contribution in [0.2, 0.25) is 0 Å². The number of aliphatic hydroxyl groups excluding tert-OH is 8. The van der Waals surface area contributed by atoms with Gasteiger partial charge < -0.3 is 65.1 Å². The Kier molecular flexibility index (Phi) is 59.4. The Balaban J connectivity index is 1.56. The summed E-state index contributed by atoms with van der Waals surface area (Å²) in [7, 11) is 0. The lowest BCUT2D eigenvalue weighted by atomic mass is 9.97. The van der Waals surface area contributed by atoms with Crippen molar-refractivity contribution in [3.8, 4) is 0 Å². The van der Waals surface area contributed by atoms with E-state index in [4.69, 9.17) is 18.9 Å². The van der Waals surface area contributed by atoms with Crippen molar-refractivity contribution in [2.24, 2.45) is 0 Å². The number of carbonyl (C=O) groups is 1. The Labute approximate surface area is 574 Å². The maximum Gasteiger partial charge on any atom is 0.220 e. The Morgan fingerprint density at radius 1 is 0.394 bits per heavy atom. The van der Waals surface area contributed by atoms with Gasteiger partial charge in [-0.25, -0.2) is 0 Å². The minimum absolute atomic E-state index is 0.201. The molecule has 14 heteroatoms. The third-order valence-electron chi connectivity index (χ3n) is 18.9. The monoisotopic (exact) mass is 1330 g/mol. The molecule has 14 nitrogen and oxygen atoms in total. The first-order valence-electron chi connectivity index (χ1n) is 39.2. The molecule has 0 aromatic carbocycles. The molecule has 0 aliphatic carbocycles. The second kappa shape index (κ2) is 63.8. The summed E-state index contributed by atoms with van der Waals surface area (Å²) in [6, 6.07) is -0.830. The van der Waals surface area contributed by atoms with E-state index in [0.717, 1.165) is 89.9 Å². The summed E-state index contributed by atoms with van der Waals surface area (Å²) >= 11 is 0. The van der Waals surface area contributed by atoms with Gasteiger partial charge in [0.1, 0.15) is 48.8 Å². The third kappa shape index (κ3) is 46.7. The summed E-state index contributed by atoms with van der Waals surface area (Å²) in [4.78, 5) is 13.4. The van der Waals surface area contributed by atoms with Crippen LogP contribution in [-0.4, -0.2) is 140 Å². The van der Waals surface area contributed by atoms with Crippen LogP contribution in [0.25, 0.3) is 0 Å². The van der Waals surface area contributed by atoms with Crippen LogP contribution in [-0.2, 0) is 23.7 Å². The molecule has 2 aliphatic heterocycles. The molecule has 2 heterocycles. The van der Waals surface area contributed by atoms with E-state index in [0.29, 0.717) is 12.8 Å². The van der Waals surface area contributed by atoms with E-state index in [1.807, 2.05) is 0 Å². The molecule has 0 radical (unpaired) electrons. The molecule has 1 amide bonds.